The van der Waals surface area contributed by atoms with Crippen LogP contribution in [0.2, 0.25) is 0 Å². The number of hydrogen-bond donors (Lipinski definition) is 2. The molecule has 0 bridgehead atoms. The minimum absolute atomic E-state index is 0.0403. The number of aromatic nitrogens is 3. The lowest BCUT2D eigenvalue weighted by atomic mass is 10.0. The quantitative estimate of drug-likeness (QED) is 0.706. The fourth-order valence-electron chi connectivity index (χ4n) is 2.82. The Hall–Kier alpha value is -3.28. The van der Waals surface area contributed by atoms with Crippen LogP contribution >= 0.6 is 0 Å². The number of carbonyl (C=O) groups excluding carboxylic acids is 1. The van der Waals surface area contributed by atoms with E-state index in [0.717, 1.165) is 40.8 Å². The molecule has 4 rings (SSSR count). The number of carbonyl (C=O) groups is 1. The van der Waals surface area contributed by atoms with E-state index in [2.05, 4.69) is 20.5 Å². The topological polar surface area (TPSA) is 93.8 Å². The molecule has 26 heavy (non-hydrogen) atoms. The Bertz CT molecular complexity index is 981. The molecule has 0 aliphatic heterocycles. The predicted molar refractivity (Wildman–Crippen MR) is 101 cm³/mol. The van der Waals surface area contributed by atoms with Gasteiger partial charge in [0.15, 0.2) is 0 Å². The van der Waals surface area contributed by atoms with Gasteiger partial charge in [-0.2, -0.15) is 10.2 Å². The Balaban J connectivity index is 1.66. The zero-order valence-electron chi connectivity index (χ0n) is 14.4. The summed E-state index contributed by atoms with van der Waals surface area (Å²) in [4.78, 5) is 16.2. The van der Waals surface area contributed by atoms with Crippen molar-refractivity contribution in [2.45, 2.75) is 19.8 Å². The highest BCUT2D eigenvalue weighted by molar-refractivity contribution is 5.93. The molecule has 1 fully saturated rings. The SMILES string of the molecule is Cc1ccc(N)cc1-c1cc(-c2ccnc(NC(=O)C3CC3)c2)cnn1. The summed E-state index contributed by atoms with van der Waals surface area (Å²) >= 11 is 0. The summed E-state index contributed by atoms with van der Waals surface area (Å²) in [7, 11) is 0. The van der Waals surface area contributed by atoms with E-state index in [-0.39, 0.29) is 11.8 Å². The van der Waals surface area contributed by atoms with Crippen LogP contribution in [0.1, 0.15) is 18.4 Å². The fraction of sp³-hybridized carbons (Fsp3) is 0.200. The number of nitrogens with one attached hydrogen (secondary N) is 1. The Morgan fingerprint density at radius 1 is 1.15 bits per heavy atom. The summed E-state index contributed by atoms with van der Waals surface area (Å²) in [5.41, 5.74) is 11.2. The van der Waals surface area contributed by atoms with E-state index >= 15 is 0 Å². The molecule has 1 aliphatic rings. The Kier molecular flexibility index (Phi) is 4.08. The van der Waals surface area contributed by atoms with Crippen LogP contribution in [0, 0.1) is 12.8 Å². The van der Waals surface area contributed by atoms with Crippen LogP contribution in [-0.2, 0) is 4.79 Å². The van der Waals surface area contributed by atoms with Gasteiger partial charge in [-0.15, -0.1) is 0 Å². The zero-order valence-corrected chi connectivity index (χ0v) is 14.4. The van der Waals surface area contributed by atoms with Crippen LogP contribution in [-0.4, -0.2) is 21.1 Å². The lowest BCUT2D eigenvalue weighted by Crippen LogP contribution is -2.14. The van der Waals surface area contributed by atoms with Gasteiger partial charge in [-0.05, 0) is 61.2 Å². The summed E-state index contributed by atoms with van der Waals surface area (Å²) in [5.74, 6) is 0.734. The third kappa shape index (κ3) is 3.39. The first-order chi connectivity index (χ1) is 12.6. The van der Waals surface area contributed by atoms with Gasteiger partial charge in [0.1, 0.15) is 5.82 Å². The number of amides is 1. The van der Waals surface area contributed by atoms with E-state index in [0.29, 0.717) is 11.5 Å². The van der Waals surface area contributed by atoms with Gasteiger partial charge >= 0.3 is 0 Å². The monoisotopic (exact) mass is 345 g/mol. The van der Waals surface area contributed by atoms with Crippen molar-refractivity contribution >= 4 is 17.4 Å². The second-order valence-corrected chi connectivity index (χ2v) is 6.60. The first-order valence-corrected chi connectivity index (χ1v) is 8.57. The van der Waals surface area contributed by atoms with Crippen molar-refractivity contribution in [2.24, 2.45) is 5.92 Å². The van der Waals surface area contributed by atoms with Crippen LogP contribution in [0.4, 0.5) is 11.5 Å². The highest BCUT2D eigenvalue weighted by Crippen LogP contribution is 2.31. The van der Waals surface area contributed by atoms with Gasteiger partial charge in [-0.1, -0.05) is 6.07 Å². The first-order valence-electron chi connectivity index (χ1n) is 8.57. The van der Waals surface area contributed by atoms with Crippen molar-refractivity contribution < 1.29 is 4.79 Å². The molecule has 2 aromatic heterocycles. The molecule has 3 N–H and O–H groups in total. The average molecular weight is 345 g/mol. The summed E-state index contributed by atoms with van der Waals surface area (Å²) in [6, 6.07) is 11.4. The van der Waals surface area contributed by atoms with Crippen LogP contribution in [0.3, 0.4) is 0 Å². The predicted octanol–water partition coefficient (Wildman–Crippen LogP) is 3.44. The molecule has 6 nitrogen and oxygen atoms in total. The number of aryl methyl sites for hydroxylation is 1. The molecule has 6 heteroatoms. The highest BCUT2D eigenvalue weighted by Gasteiger charge is 2.29. The van der Waals surface area contributed by atoms with E-state index in [1.54, 1.807) is 12.4 Å². The number of anilines is 2. The van der Waals surface area contributed by atoms with Crippen LogP contribution < -0.4 is 11.1 Å². The summed E-state index contributed by atoms with van der Waals surface area (Å²) in [5, 5.41) is 11.3. The van der Waals surface area contributed by atoms with Gasteiger partial charge < -0.3 is 11.1 Å². The largest absolute Gasteiger partial charge is 0.399 e. The Morgan fingerprint density at radius 3 is 2.81 bits per heavy atom. The van der Waals surface area contributed by atoms with Crippen molar-refractivity contribution in [2.75, 3.05) is 11.1 Å². The number of nitrogens with two attached hydrogens (primary N) is 1. The summed E-state index contributed by atoms with van der Waals surface area (Å²) in [6.45, 7) is 2.01. The summed E-state index contributed by atoms with van der Waals surface area (Å²) < 4.78 is 0. The van der Waals surface area contributed by atoms with Crippen LogP contribution in [0.15, 0.2) is 48.8 Å². The van der Waals surface area contributed by atoms with Crippen molar-refractivity contribution in [3.63, 3.8) is 0 Å². The molecule has 0 radical (unpaired) electrons. The fourth-order valence-corrected chi connectivity index (χ4v) is 2.82. The number of rotatable bonds is 4. The second-order valence-electron chi connectivity index (χ2n) is 6.60. The van der Waals surface area contributed by atoms with E-state index in [4.69, 9.17) is 5.73 Å². The van der Waals surface area contributed by atoms with E-state index in [1.807, 2.05) is 43.3 Å². The molecule has 0 atom stereocenters. The lowest BCUT2D eigenvalue weighted by Gasteiger charge is -2.09. The van der Waals surface area contributed by atoms with Gasteiger partial charge in [0.2, 0.25) is 5.91 Å². The molecule has 1 amide bonds. The van der Waals surface area contributed by atoms with Crippen molar-refractivity contribution in [1.82, 2.24) is 15.2 Å². The Labute approximate surface area is 151 Å². The van der Waals surface area contributed by atoms with Crippen molar-refractivity contribution in [3.8, 4) is 22.4 Å². The van der Waals surface area contributed by atoms with Crippen LogP contribution in [0.5, 0.6) is 0 Å². The van der Waals surface area contributed by atoms with E-state index in [1.165, 1.54) is 0 Å². The number of hydrogen-bond acceptors (Lipinski definition) is 5. The smallest absolute Gasteiger partial charge is 0.228 e. The zero-order chi connectivity index (χ0) is 18.1. The third-order valence-corrected chi connectivity index (χ3v) is 4.48. The molecule has 0 unspecified atom stereocenters. The van der Waals surface area contributed by atoms with Gasteiger partial charge in [0, 0.05) is 28.9 Å². The number of benzene rings is 1. The molecule has 1 aliphatic carbocycles. The number of nitrogen functional groups attached to an aromatic ring is 1. The molecule has 2 heterocycles. The standard InChI is InChI=1S/C20H19N5O/c1-12-2-5-16(21)10-17(12)18-8-15(11-23-25-18)14-6-7-22-19(9-14)24-20(26)13-3-4-13/h2,5-11,13H,3-4,21H2,1H3,(H,22,24,26). The average Bonchev–Trinajstić information content (AvgIpc) is 3.49. The van der Waals surface area contributed by atoms with Crippen molar-refractivity contribution in [3.05, 3.63) is 54.4 Å². The minimum atomic E-state index is 0.0403. The van der Waals surface area contributed by atoms with Gasteiger partial charge in [-0.3, -0.25) is 4.79 Å². The maximum absolute atomic E-state index is 11.9. The molecule has 1 aromatic carbocycles. The van der Waals surface area contributed by atoms with Gasteiger partial charge in [0.25, 0.3) is 0 Å². The molecular formula is C20H19N5O. The molecule has 3 aromatic rings. The summed E-state index contributed by atoms with van der Waals surface area (Å²) in [6.07, 6.45) is 5.31. The lowest BCUT2D eigenvalue weighted by molar-refractivity contribution is -0.117. The van der Waals surface area contributed by atoms with Crippen LogP contribution in [0.25, 0.3) is 22.4 Å². The Morgan fingerprint density at radius 2 is 2.00 bits per heavy atom. The normalized spacial score (nSPS) is 13.4. The first kappa shape index (κ1) is 16.2. The number of pyridine rings is 1. The molecule has 0 saturated heterocycles. The molecule has 130 valence electrons. The maximum atomic E-state index is 11.9. The van der Waals surface area contributed by atoms with E-state index in [9.17, 15) is 4.79 Å². The van der Waals surface area contributed by atoms with Crippen molar-refractivity contribution in [1.29, 1.82) is 0 Å². The van der Waals surface area contributed by atoms with Gasteiger partial charge in [0.05, 0.1) is 11.9 Å². The minimum Gasteiger partial charge on any atom is -0.399 e. The van der Waals surface area contributed by atoms with Gasteiger partial charge in [-0.25, -0.2) is 4.98 Å². The molecule has 0 spiro atoms. The number of nitrogens with zero attached hydrogens (tertiary/aromatic N) is 3. The second kappa shape index (κ2) is 6.55. The molecule has 1 saturated carbocycles. The third-order valence-electron chi connectivity index (χ3n) is 4.48. The highest BCUT2D eigenvalue weighted by atomic mass is 16.2. The molecular weight excluding hydrogens is 326 g/mol. The van der Waals surface area contributed by atoms with E-state index < -0.39 is 0 Å². The maximum Gasteiger partial charge on any atom is 0.228 e.